The normalized spacial score (nSPS) is 35.2. The van der Waals surface area contributed by atoms with Gasteiger partial charge in [-0.1, -0.05) is 0 Å². The lowest BCUT2D eigenvalue weighted by Gasteiger charge is -2.38. The summed E-state index contributed by atoms with van der Waals surface area (Å²) in [5.74, 6) is 0.243. The molecule has 0 aromatic carbocycles. The molecule has 0 saturated carbocycles. The maximum absolute atomic E-state index is 10.3. The predicted octanol–water partition coefficient (Wildman–Crippen LogP) is 1.76. The highest BCUT2D eigenvalue weighted by Gasteiger charge is 2.43. The van der Waals surface area contributed by atoms with Crippen molar-refractivity contribution in [2.24, 2.45) is 5.92 Å². The van der Waals surface area contributed by atoms with Gasteiger partial charge in [0.1, 0.15) is 0 Å². The van der Waals surface area contributed by atoms with E-state index in [2.05, 4.69) is 4.98 Å². The van der Waals surface area contributed by atoms with Crippen LogP contribution in [-0.2, 0) is 9.47 Å². The fourth-order valence-corrected chi connectivity index (χ4v) is 3.39. The van der Waals surface area contributed by atoms with Crippen molar-refractivity contribution in [1.29, 1.82) is 0 Å². The van der Waals surface area contributed by atoms with Gasteiger partial charge in [-0.2, -0.15) is 0 Å². The molecule has 2 saturated heterocycles. The molecule has 1 aromatic rings. The topological polar surface area (TPSA) is 51.6 Å². The zero-order valence-corrected chi connectivity index (χ0v) is 10.5. The number of hydrogen-bond acceptors (Lipinski definition) is 5. The molecule has 2 fully saturated rings. The highest BCUT2D eigenvalue weighted by Crippen LogP contribution is 2.40. The standard InChI is InChI=1S/C12H17NO3S/c14-11(10-6-17-8-13-10)9-1-3-16-12(5-9)2-4-15-7-12/h6,8-9,11,14H,1-5,7H2. The van der Waals surface area contributed by atoms with E-state index in [4.69, 9.17) is 9.47 Å². The Morgan fingerprint density at radius 2 is 2.47 bits per heavy atom. The molecule has 3 rings (SSSR count). The molecular formula is C12H17NO3S. The fraction of sp³-hybridized carbons (Fsp3) is 0.750. The third-order valence-corrected chi connectivity index (χ3v) is 4.40. The summed E-state index contributed by atoms with van der Waals surface area (Å²) in [6.07, 6.45) is 2.28. The van der Waals surface area contributed by atoms with Crippen molar-refractivity contribution in [3.63, 3.8) is 0 Å². The van der Waals surface area contributed by atoms with Crippen molar-refractivity contribution >= 4 is 11.3 Å². The Bertz CT molecular complexity index is 362. The second kappa shape index (κ2) is 4.65. The Labute approximate surface area is 105 Å². The van der Waals surface area contributed by atoms with Crippen molar-refractivity contribution in [3.05, 3.63) is 16.6 Å². The van der Waals surface area contributed by atoms with Crippen LogP contribution in [0.1, 0.15) is 31.1 Å². The van der Waals surface area contributed by atoms with Crippen molar-refractivity contribution in [2.75, 3.05) is 19.8 Å². The number of aliphatic hydroxyl groups is 1. The Balaban J connectivity index is 1.71. The summed E-state index contributed by atoms with van der Waals surface area (Å²) in [5.41, 5.74) is 2.43. The van der Waals surface area contributed by atoms with Gasteiger partial charge in [0.05, 0.1) is 29.5 Å². The lowest BCUT2D eigenvalue weighted by atomic mass is 9.81. The summed E-state index contributed by atoms with van der Waals surface area (Å²) < 4.78 is 11.3. The second-order valence-corrected chi connectivity index (χ2v) is 5.66. The first kappa shape index (κ1) is 11.6. The molecule has 3 atom stereocenters. The largest absolute Gasteiger partial charge is 0.386 e. The van der Waals surface area contributed by atoms with Gasteiger partial charge >= 0.3 is 0 Å². The quantitative estimate of drug-likeness (QED) is 0.875. The van der Waals surface area contributed by atoms with Crippen LogP contribution >= 0.6 is 11.3 Å². The number of nitrogens with zero attached hydrogens (tertiary/aromatic N) is 1. The van der Waals surface area contributed by atoms with E-state index < -0.39 is 6.10 Å². The molecular weight excluding hydrogens is 238 g/mol. The molecule has 1 N–H and O–H groups in total. The van der Waals surface area contributed by atoms with Crippen LogP contribution < -0.4 is 0 Å². The summed E-state index contributed by atoms with van der Waals surface area (Å²) >= 11 is 1.53. The van der Waals surface area contributed by atoms with Gasteiger partial charge in [-0.15, -0.1) is 11.3 Å². The Morgan fingerprint density at radius 3 is 3.18 bits per heavy atom. The van der Waals surface area contributed by atoms with Gasteiger partial charge in [-0.05, 0) is 18.8 Å². The van der Waals surface area contributed by atoms with Crippen LogP contribution in [0.15, 0.2) is 10.9 Å². The number of aromatic nitrogens is 1. The molecule has 2 aliphatic rings. The van der Waals surface area contributed by atoms with Crippen LogP contribution in [0.4, 0.5) is 0 Å². The zero-order valence-electron chi connectivity index (χ0n) is 9.67. The van der Waals surface area contributed by atoms with E-state index in [0.717, 1.165) is 38.2 Å². The van der Waals surface area contributed by atoms with E-state index in [-0.39, 0.29) is 11.5 Å². The van der Waals surface area contributed by atoms with Crippen LogP contribution in [0.25, 0.3) is 0 Å². The molecule has 0 bridgehead atoms. The van der Waals surface area contributed by atoms with Gasteiger partial charge in [0, 0.05) is 25.0 Å². The van der Waals surface area contributed by atoms with Gasteiger partial charge in [0.2, 0.25) is 0 Å². The molecule has 3 heterocycles. The molecule has 0 aliphatic carbocycles. The lowest BCUT2D eigenvalue weighted by Crippen LogP contribution is -2.41. The van der Waals surface area contributed by atoms with Gasteiger partial charge in [0.15, 0.2) is 0 Å². The van der Waals surface area contributed by atoms with Gasteiger partial charge < -0.3 is 14.6 Å². The molecule has 5 heteroatoms. The summed E-state index contributed by atoms with van der Waals surface area (Å²) in [6.45, 7) is 2.17. The Hall–Kier alpha value is -0.490. The maximum Gasteiger partial charge on any atom is 0.0998 e. The molecule has 4 nitrogen and oxygen atoms in total. The van der Waals surface area contributed by atoms with E-state index >= 15 is 0 Å². The number of hydrogen-bond donors (Lipinski definition) is 1. The second-order valence-electron chi connectivity index (χ2n) is 4.95. The van der Waals surface area contributed by atoms with Crippen molar-refractivity contribution in [1.82, 2.24) is 4.98 Å². The van der Waals surface area contributed by atoms with Gasteiger partial charge in [0.25, 0.3) is 0 Å². The summed E-state index contributed by atoms with van der Waals surface area (Å²) in [6, 6.07) is 0. The van der Waals surface area contributed by atoms with E-state index in [1.807, 2.05) is 5.38 Å². The van der Waals surface area contributed by atoms with Crippen molar-refractivity contribution < 1.29 is 14.6 Å². The fourth-order valence-electron chi connectivity index (χ4n) is 2.81. The van der Waals surface area contributed by atoms with Crippen LogP contribution in [0.3, 0.4) is 0 Å². The first-order chi connectivity index (χ1) is 8.29. The number of aliphatic hydroxyl groups excluding tert-OH is 1. The number of ether oxygens (including phenoxy) is 2. The average molecular weight is 255 g/mol. The molecule has 0 radical (unpaired) electrons. The van der Waals surface area contributed by atoms with Gasteiger partial charge in [-0.3, -0.25) is 0 Å². The van der Waals surface area contributed by atoms with Crippen molar-refractivity contribution in [3.8, 4) is 0 Å². The number of thiazole rings is 1. The SMILES string of the molecule is OC(c1cscn1)C1CCOC2(CCOC2)C1. The smallest absolute Gasteiger partial charge is 0.0998 e. The molecule has 0 amide bonds. The van der Waals surface area contributed by atoms with E-state index in [1.54, 1.807) is 5.51 Å². The predicted molar refractivity (Wildman–Crippen MR) is 63.9 cm³/mol. The van der Waals surface area contributed by atoms with Gasteiger partial charge in [-0.25, -0.2) is 4.98 Å². The number of rotatable bonds is 2. The monoisotopic (exact) mass is 255 g/mol. The third kappa shape index (κ3) is 2.25. The molecule has 2 aliphatic heterocycles. The summed E-state index contributed by atoms with van der Waals surface area (Å²) in [4.78, 5) is 4.20. The molecule has 94 valence electrons. The average Bonchev–Trinajstić information content (AvgIpc) is 3.00. The Morgan fingerprint density at radius 1 is 1.53 bits per heavy atom. The highest BCUT2D eigenvalue weighted by molar-refractivity contribution is 7.07. The van der Waals surface area contributed by atoms with Crippen LogP contribution in [-0.4, -0.2) is 35.5 Å². The van der Waals surface area contributed by atoms with Crippen LogP contribution in [0, 0.1) is 5.92 Å². The maximum atomic E-state index is 10.3. The van der Waals surface area contributed by atoms with Crippen LogP contribution in [0.5, 0.6) is 0 Å². The minimum atomic E-state index is -0.456. The third-order valence-electron chi connectivity index (χ3n) is 3.80. The molecule has 3 unspecified atom stereocenters. The lowest BCUT2D eigenvalue weighted by molar-refractivity contribution is -0.117. The molecule has 17 heavy (non-hydrogen) atoms. The molecule has 1 spiro atoms. The Kier molecular flexibility index (Phi) is 3.17. The van der Waals surface area contributed by atoms with E-state index in [1.165, 1.54) is 11.3 Å². The summed E-state index contributed by atoms with van der Waals surface area (Å²) in [5, 5.41) is 12.3. The first-order valence-corrected chi connectivity index (χ1v) is 7.01. The first-order valence-electron chi connectivity index (χ1n) is 6.07. The van der Waals surface area contributed by atoms with Crippen molar-refractivity contribution in [2.45, 2.75) is 31.0 Å². The van der Waals surface area contributed by atoms with E-state index in [0.29, 0.717) is 6.61 Å². The summed E-state index contributed by atoms with van der Waals surface area (Å²) in [7, 11) is 0. The minimum absolute atomic E-state index is 0.139. The highest BCUT2D eigenvalue weighted by atomic mass is 32.1. The zero-order chi connectivity index (χ0) is 11.7. The van der Waals surface area contributed by atoms with Crippen LogP contribution in [0.2, 0.25) is 0 Å². The van der Waals surface area contributed by atoms with E-state index in [9.17, 15) is 5.11 Å². The molecule has 1 aromatic heterocycles. The minimum Gasteiger partial charge on any atom is -0.386 e.